The number of aromatic nitrogens is 2. The van der Waals surface area contributed by atoms with Crippen LogP contribution in [0.3, 0.4) is 0 Å². The average molecular weight is 259 g/mol. The first-order valence-electron chi connectivity index (χ1n) is 7.03. The molecule has 0 saturated heterocycles. The molecule has 0 radical (unpaired) electrons. The normalized spacial score (nSPS) is 14.3. The maximum Gasteiger partial charge on any atom is 0.124 e. The number of aromatic amines is 1. The van der Waals surface area contributed by atoms with E-state index in [0.717, 1.165) is 23.3 Å². The first kappa shape index (κ1) is 14.1. The van der Waals surface area contributed by atoms with E-state index in [4.69, 9.17) is 5.73 Å². The zero-order chi connectivity index (χ0) is 14.2. The summed E-state index contributed by atoms with van der Waals surface area (Å²) in [7, 11) is 0. The molecule has 2 aromatic rings. The minimum atomic E-state index is -0.00881. The van der Waals surface area contributed by atoms with E-state index < -0.39 is 0 Å². The molecule has 1 aromatic heterocycles. The molecule has 1 atom stereocenters. The molecule has 0 aliphatic heterocycles. The quantitative estimate of drug-likeness (QED) is 0.878. The summed E-state index contributed by atoms with van der Waals surface area (Å²) >= 11 is 0. The number of nitrogens with two attached hydrogens (primary N) is 1. The summed E-state index contributed by atoms with van der Waals surface area (Å²) in [4.78, 5) is 7.99. The minimum Gasteiger partial charge on any atom is -0.341 e. The van der Waals surface area contributed by atoms with Crippen LogP contribution in [0.1, 0.15) is 58.5 Å². The van der Waals surface area contributed by atoms with Gasteiger partial charge >= 0.3 is 0 Å². The van der Waals surface area contributed by atoms with Crippen LogP contribution in [0.5, 0.6) is 0 Å². The number of H-pyrrole nitrogens is 1. The number of imidazole rings is 1. The highest BCUT2D eigenvalue weighted by Crippen LogP contribution is 2.26. The lowest BCUT2D eigenvalue weighted by Gasteiger charge is -2.18. The molecule has 0 spiro atoms. The van der Waals surface area contributed by atoms with Gasteiger partial charge in [-0.15, -0.1) is 0 Å². The fourth-order valence-corrected chi connectivity index (χ4v) is 2.29. The smallest absolute Gasteiger partial charge is 0.124 e. The Bertz CT molecular complexity index is 561. The summed E-state index contributed by atoms with van der Waals surface area (Å²) in [5.41, 5.74) is 9.74. The van der Waals surface area contributed by atoms with Crippen LogP contribution in [0.25, 0.3) is 11.0 Å². The van der Waals surface area contributed by atoms with Crippen LogP contribution >= 0.6 is 0 Å². The van der Waals surface area contributed by atoms with Crippen molar-refractivity contribution < 1.29 is 0 Å². The topological polar surface area (TPSA) is 54.7 Å². The van der Waals surface area contributed by atoms with Gasteiger partial charge in [0.1, 0.15) is 5.82 Å². The van der Waals surface area contributed by atoms with Gasteiger partial charge in [-0.25, -0.2) is 4.98 Å². The highest BCUT2D eigenvalue weighted by molar-refractivity contribution is 5.76. The van der Waals surface area contributed by atoms with Crippen molar-refractivity contribution in [1.29, 1.82) is 0 Å². The Kier molecular flexibility index (Phi) is 3.68. The Hall–Kier alpha value is -1.35. The highest BCUT2D eigenvalue weighted by Gasteiger charge is 2.16. The zero-order valence-corrected chi connectivity index (χ0v) is 12.6. The molecule has 0 aliphatic carbocycles. The molecule has 104 valence electrons. The number of nitrogens with one attached hydrogen (secondary N) is 1. The Balaban J connectivity index is 2.35. The second-order valence-corrected chi connectivity index (χ2v) is 6.84. The van der Waals surface area contributed by atoms with Crippen molar-refractivity contribution >= 4 is 11.0 Å². The zero-order valence-electron chi connectivity index (χ0n) is 12.6. The Morgan fingerprint density at radius 1 is 1.26 bits per heavy atom. The van der Waals surface area contributed by atoms with Crippen molar-refractivity contribution in [2.24, 2.45) is 11.7 Å². The average Bonchev–Trinajstić information content (AvgIpc) is 2.69. The number of rotatable bonds is 3. The molecule has 1 heterocycles. The van der Waals surface area contributed by atoms with Gasteiger partial charge in [0.05, 0.1) is 17.1 Å². The monoisotopic (exact) mass is 259 g/mol. The number of benzene rings is 1. The second kappa shape index (κ2) is 4.97. The largest absolute Gasteiger partial charge is 0.341 e. The fraction of sp³-hybridized carbons (Fsp3) is 0.562. The van der Waals surface area contributed by atoms with Gasteiger partial charge in [-0.2, -0.15) is 0 Å². The minimum absolute atomic E-state index is 0.00881. The van der Waals surface area contributed by atoms with Crippen LogP contribution in [0.4, 0.5) is 0 Å². The van der Waals surface area contributed by atoms with Crippen LogP contribution in [0, 0.1) is 5.92 Å². The lowest BCUT2D eigenvalue weighted by molar-refractivity contribution is 0.496. The van der Waals surface area contributed by atoms with Crippen molar-refractivity contribution in [2.45, 2.75) is 52.5 Å². The van der Waals surface area contributed by atoms with Gasteiger partial charge in [-0.05, 0) is 35.4 Å². The van der Waals surface area contributed by atoms with Gasteiger partial charge in [0, 0.05) is 0 Å². The molecular formula is C16H25N3. The van der Waals surface area contributed by atoms with Gasteiger partial charge in [-0.3, -0.25) is 0 Å². The van der Waals surface area contributed by atoms with Crippen molar-refractivity contribution in [3.8, 4) is 0 Å². The maximum atomic E-state index is 6.19. The molecule has 2 rings (SSSR count). The van der Waals surface area contributed by atoms with E-state index in [9.17, 15) is 0 Å². The third kappa shape index (κ3) is 3.16. The van der Waals surface area contributed by atoms with Crippen LogP contribution in [0.15, 0.2) is 18.2 Å². The van der Waals surface area contributed by atoms with Gasteiger partial charge in [0.25, 0.3) is 0 Å². The fourth-order valence-electron chi connectivity index (χ4n) is 2.29. The third-order valence-electron chi connectivity index (χ3n) is 3.44. The first-order chi connectivity index (χ1) is 8.77. The summed E-state index contributed by atoms with van der Waals surface area (Å²) in [6.45, 7) is 11.0. The molecule has 0 aliphatic rings. The first-order valence-corrected chi connectivity index (χ1v) is 7.03. The highest BCUT2D eigenvalue weighted by atomic mass is 15.0. The van der Waals surface area contributed by atoms with Gasteiger partial charge in [0.15, 0.2) is 0 Å². The lowest BCUT2D eigenvalue weighted by atomic mass is 9.87. The summed E-state index contributed by atoms with van der Waals surface area (Å²) in [6.07, 6.45) is 0.950. The Labute approximate surface area is 115 Å². The van der Waals surface area contributed by atoms with Crippen molar-refractivity contribution in [1.82, 2.24) is 9.97 Å². The maximum absolute atomic E-state index is 6.19. The van der Waals surface area contributed by atoms with E-state index in [1.807, 2.05) is 0 Å². The SMILES string of the molecule is CC(C)C[C@H](N)c1nc2ccc(C(C)(C)C)cc2[nH]1. The van der Waals surface area contributed by atoms with E-state index in [0.29, 0.717) is 5.92 Å². The Morgan fingerprint density at radius 3 is 2.53 bits per heavy atom. The molecule has 0 amide bonds. The van der Waals surface area contributed by atoms with E-state index in [1.165, 1.54) is 5.56 Å². The molecule has 1 aromatic carbocycles. The van der Waals surface area contributed by atoms with E-state index in [-0.39, 0.29) is 11.5 Å². The molecule has 0 saturated carbocycles. The molecule has 0 unspecified atom stereocenters. The number of fused-ring (bicyclic) bond motifs is 1. The van der Waals surface area contributed by atoms with E-state index in [1.54, 1.807) is 0 Å². The summed E-state index contributed by atoms with van der Waals surface area (Å²) < 4.78 is 0. The number of hydrogen-bond donors (Lipinski definition) is 2. The van der Waals surface area contributed by atoms with Gasteiger partial charge in [0.2, 0.25) is 0 Å². The summed E-state index contributed by atoms with van der Waals surface area (Å²) in [5, 5.41) is 0. The predicted molar refractivity (Wildman–Crippen MR) is 81.2 cm³/mol. The van der Waals surface area contributed by atoms with Crippen molar-refractivity contribution in [3.63, 3.8) is 0 Å². The predicted octanol–water partition coefficient (Wildman–Crippen LogP) is 3.91. The summed E-state index contributed by atoms with van der Waals surface area (Å²) in [6, 6.07) is 6.41. The van der Waals surface area contributed by atoms with Crippen LogP contribution in [-0.2, 0) is 5.41 Å². The lowest BCUT2D eigenvalue weighted by Crippen LogP contribution is -2.14. The molecule has 0 bridgehead atoms. The molecule has 0 fully saturated rings. The van der Waals surface area contributed by atoms with Crippen molar-refractivity contribution in [2.75, 3.05) is 0 Å². The molecular weight excluding hydrogens is 234 g/mol. The van der Waals surface area contributed by atoms with Crippen LogP contribution < -0.4 is 5.73 Å². The number of hydrogen-bond acceptors (Lipinski definition) is 2. The molecule has 3 N–H and O–H groups in total. The number of nitrogens with zero attached hydrogens (tertiary/aromatic N) is 1. The summed E-state index contributed by atoms with van der Waals surface area (Å²) in [5.74, 6) is 1.48. The van der Waals surface area contributed by atoms with E-state index in [2.05, 4.69) is 62.8 Å². The standard InChI is InChI=1S/C16H25N3/c1-10(2)8-12(17)15-18-13-7-6-11(16(3,4)5)9-14(13)19-15/h6-7,9-10,12H,8,17H2,1-5H3,(H,18,19)/t12-/m0/s1. The van der Waals surface area contributed by atoms with Crippen LogP contribution in [0.2, 0.25) is 0 Å². The van der Waals surface area contributed by atoms with Crippen molar-refractivity contribution in [3.05, 3.63) is 29.6 Å². The molecule has 3 heteroatoms. The van der Waals surface area contributed by atoms with E-state index >= 15 is 0 Å². The van der Waals surface area contributed by atoms with Gasteiger partial charge in [-0.1, -0.05) is 40.7 Å². The second-order valence-electron chi connectivity index (χ2n) is 6.84. The Morgan fingerprint density at radius 2 is 1.95 bits per heavy atom. The van der Waals surface area contributed by atoms with Crippen LogP contribution in [-0.4, -0.2) is 9.97 Å². The van der Waals surface area contributed by atoms with Gasteiger partial charge < -0.3 is 10.7 Å². The molecule has 3 nitrogen and oxygen atoms in total. The molecule has 19 heavy (non-hydrogen) atoms. The third-order valence-corrected chi connectivity index (χ3v) is 3.44.